The quantitative estimate of drug-likeness (QED) is 0.167. The Hall–Kier alpha value is -6.42. The van der Waals surface area contributed by atoms with E-state index in [9.17, 15) is 0 Å². The first-order valence-electron chi connectivity index (χ1n) is 18.6. The molecule has 10 aromatic rings. The van der Waals surface area contributed by atoms with Crippen LogP contribution >= 0.6 is 11.3 Å². The smallest absolute Gasteiger partial charge is 0.0541 e. The molecular weight excluding hydrogens is 673 g/mol. The standard InChI is InChI=1S/C51H38N2S/c1-33-24-26-38(27-25-33)52(49-29-34(2)44(28-35(49)3)36-14-5-4-6-15-36)40-31-45(51-46(32-40)43-20-9-12-23-50(43)54-51)37-16-13-17-39(30-37)53-47-21-10-7-18-41(47)42-19-8-11-22-48(42)53/h4-32H,1-3H3. The van der Waals surface area contributed by atoms with Crippen LogP contribution in [0.3, 0.4) is 0 Å². The lowest BCUT2D eigenvalue weighted by molar-refractivity contribution is 1.18. The van der Waals surface area contributed by atoms with E-state index in [2.05, 4.69) is 206 Å². The van der Waals surface area contributed by atoms with Crippen LogP contribution in [-0.2, 0) is 0 Å². The number of nitrogens with zero attached hydrogens (tertiary/aromatic N) is 2. The van der Waals surface area contributed by atoms with Gasteiger partial charge in [0.25, 0.3) is 0 Å². The molecule has 0 bridgehead atoms. The highest BCUT2D eigenvalue weighted by molar-refractivity contribution is 7.26. The third-order valence-electron chi connectivity index (χ3n) is 10.9. The molecule has 8 aromatic carbocycles. The minimum absolute atomic E-state index is 1.14. The summed E-state index contributed by atoms with van der Waals surface area (Å²) < 4.78 is 5.01. The molecule has 0 spiro atoms. The molecule has 0 saturated heterocycles. The number of rotatable bonds is 6. The van der Waals surface area contributed by atoms with Crippen molar-refractivity contribution in [3.05, 3.63) is 193 Å². The summed E-state index contributed by atoms with van der Waals surface area (Å²) in [6.07, 6.45) is 0. The number of benzene rings is 8. The third kappa shape index (κ3) is 5.31. The Balaban J connectivity index is 1.22. The second-order valence-electron chi connectivity index (χ2n) is 14.4. The van der Waals surface area contributed by atoms with Crippen LogP contribution in [0.4, 0.5) is 17.1 Å². The topological polar surface area (TPSA) is 8.17 Å². The molecule has 0 saturated carbocycles. The average Bonchev–Trinajstić information content (AvgIpc) is 3.76. The van der Waals surface area contributed by atoms with Gasteiger partial charge in [0.15, 0.2) is 0 Å². The predicted octanol–water partition coefficient (Wildman–Crippen LogP) is 14.9. The van der Waals surface area contributed by atoms with Crippen LogP contribution in [0.5, 0.6) is 0 Å². The van der Waals surface area contributed by atoms with Gasteiger partial charge >= 0.3 is 0 Å². The summed E-state index contributed by atoms with van der Waals surface area (Å²) in [6, 6.07) is 64.7. The molecule has 258 valence electrons. The second kappa shape index (κ2) is 12.9. The molecule has 2 nitrogen and oxygen atoms in total. The number of fused-ring (bicyclic) bond motifs is 6. The molecule has 0 aliphatic carbocycles. The second-order valence-corrected chi connectivity index (χ2v) is 15.4. The maximum absolute atomic E-state index is 2.46. The molecule has 3 heteroatoms. The van der Waals surface area contributed by atoms with E-state index in [4.69, 9.17) is 0 Å². The molecule has 0 atom stereocenters. The third-order valence-corrected chi connectivity index (χ3v) is 12.1. The van der Waals surface area contributed by atoms with Crippen LogP contribution in [0.2, 0.25) is 0 Å². The highest BCUT2D eigenvalue weighted by Crippen LogP contribution is 2.47. The lowest BCUT2D eigenvalue weighted by Crippen LogP contribution is -2.12. The molecular formula is C51H38N2S. The van der Waals surface area contributed by atoms with Gasteiger partial charge in [-0.2, -0.15) is 0 Å². The zero-order valence-corrected chi connectivity index (χ0v) is 31.4. The van der Waals surface area contributed by atoms with E-state index in [0.717, 1.165) is 17.1 Å². The van der Waals surface area contributed by atoms with Gasteiger partial charge in [-0.05, 0) is 115 Å². The summed E-state index contributed by atoms with van der Waals surface area (Å²) in [5.41, 5.74) is 15.7. The zero-order chi connectivity index (χ0) is 36.3. The van der Waals surface area contributed by atoms with Crippen LogP contribution in [0, 0.1) is 20.8 Å². The largest absolute Gasteiger partial charge is 0.310 e. The Morgan fingerprint density at radius 2 is 1.09 bits per heavy atom. The van der Waals surface area contributed by atoms with Crippen molar-refractivity contribution in [1.29, 1.82) is 0 Å². The van der Waals surface area contributed by atoms with Crippen molar-refractivity contribution in [1.82, 2.24) is 4.57 Å². The van der Waals surface area contributed by atoms with Crippen molar-refractivity contribution in [2.75, 3.05) is 4.90 Å². The Morgan fingerprint density at radius 1 is 0.444 bits per heavy atom. The van der Waals surface area contributed by atoms with Crippen LogP contribution in [-0.4, -0.2) is 4.57 Å². The zero-order valence-electron chi connectivity index (χ0n) is 30.5. The number of aryl methyl sites for hydroxylation is 3. The molecule has 0 unspecified atom stereocenters. The molecule has 54 heavy (non-hydrogen) atoms. The van der Waals surface area contributed by atoms with Gasteiger partial charge < -0.3 is 9.47 Å². The minimum Gasteiger partial charge on any atom is -0.310 e. The average molecular weight is 711 g/mol. The molecule has 2 aromatic heterocycles. The number of thiophene rings is 1. The van der Waals surface area contributed by atoms with Gasteiger partial charge in [-0.25, -0.2) is 0 Å². The highest BCUT2D eigenvalue weighted by atomic mass is 32.1. The minimum atomic E-state index is 1.14. The first kappa shape index (κ1) is 32.2. The fraction of sp³-hybridized carbons (Fsp3) is 0.0588. The van der Waals surface area contributed by atoms with E-state index in [1.807, 2.05) is 11.3 Å². The Morgan fingerprint density at radius 3 is 1.83 bits per heavy atom. The maximum atomic E-state index is 2.46. The number of aromatic nitrogens is 1. The lowest BCUT2D eigenvalue weighted by atomic mass is 9.95. The summed E-state index contributed by atoms with van der Waals surface area (Å²) in [7, 11) is 0. The van der Waals surface area contributed by atoms with Gasteiger partial charge in [-0.3, -0.25) is 0 Å². The van der Waals surface area contributed by atoms with Gasteiger partial charge in [0, 0.05) is 59.3 Å². The van der Waals surface area contributed by atoms with E-state index in [-0.39, 0.29) is 0 Å². The summed E-state index contributed by atoms with van der Waals surface area (Å²) in [5, 5.41) is 5.10. The SMILES string of the molecule is Cc1ccc(N(c2cc(-c3cccc(-n4c5ccccc5c5ccccc54)c3)c3sc4ccccc4c3c2)c2cc(C)c(-c3ccccc3)cc2C)cc1. The van der Waals surface area contributed by atoms with E-state index >= 15 is 0 Å². The van der Waals surface area contributed by atoms with Crippen molar-refractivity contribution in [3.8, 4) is 27.9 Å². The van der Waals surface area contributed by atoms with Gasteiger partial charge in [0.1, 0.15) is 0 Å². The molecule has 2 heterocycles. The molecule has 0 radical (unpaired) electrons. The number of hydrogen-bond donors (Lipinski definition) is 0. The van der Waals surface area contributed by atoms with Crippen molar-refractivity contribution in [2.45, 2.75) is 20.8 Å². The monoisotopic (exact) mass is 710 g/mol. The normalized spacial score (nSPS) is 11.6. The molecule has 0 N–H and O–H groups in total. The first-order valence-corrected chi connectivity index (χ1v) is 19.4. The van der Waals surface area contributed by atoms with E-state index in [0.29, 0.717) is 0 Å². The van der Waals surface area contributed by atoms with Crippen molar-refractivity contribution in [3.63, 3.8) is 0 Å². The molecule has 0 amide bonds. The Labute approximate surface area is 319 Å². The maximum Gasteiger partial charge on any atom is 0.0541 e. The Bertz CT molecular complexity index is 2970. The fourth-order valence-electron chi connectivity index (χ4n) is 8.26. The number of hydrogen-bond acceptors (Lipinski definition) is 2. The van der Waals surface area contributed by atoms with E-state index in [1.165, 1.54) is 86.6 Å². The highest BCUT2D eigenvalue weighted by Gasteiger charge is 2.21. The number of para-hydroxylation sites is 2. The summed E-state index contributed by atoms with van der Waals surface area (Å²) in [5.74, 6) is 0. The van der Waals surface area contributed by atoms with Crippen LogP contribution in [0.25, 0.3) is 69.9 Å². The van der Waals surface area contributed by atoms with Gasteiger partial charge in [0.2, 0.25) is 0 Å². The van der Waals surface area contributed by atoms with Crippen molar-refractivity contribution in [2.24, 2.45) is 0 Å². The summed E-state index contributed by atoms with van der Waals surface area (Å²) in [4.78, 5) is 2.46. The van der Waals surface area contributed by atoms with Gasteiger partial charge in [0.05, 0.1) is 11.0 Å². The Kier molecular flexibility index (Phi) is 7.71. The predicted molar refractivity (Wildman–Crippen MR) is 233 cm³/mol. The van der Waals surface area contributed by atoms with Gasteiger partial charge in [-0.15, -0.1) is 11.3 Å². The summed E-state index contributed by atoms with van der Waals surface area (Å²) in [6.45, 7) is 6.64. The molecule has 0 fully saturated rings. The van der Waals surface area contributed by atoms with E-state index in [1.54, 1.807) is 0 Å². The van der Waals surface area contributed by atoms with E-state index < -0.39 is 0 Å². The molecule has 10 rings (SSSR count). The number of anilines is 3. The first-order chi connectivity index (χ1) is 26.5. The van der Waals surface area contributed by atoms with Gasteiger partial charge in [-0.1, -0.05) is 115 Å². The summed E-state index contributed by atoms with van der Waals surface area (Å²) >= 11 is 1.89. The van der Waals surface area contributed by atoms with Crippen LogP contribution in [0.1, 0.15) is 16.7 Å². The van der Waals surface area contributed by atoms with Crippen LogP contribution in [0.15, 0.2) is 176 Å². The van der Waals surface area contributed by atoms with Crippen LogP contribution < -0.4 is 4.90 Å². The molecule has 0 aliphatic heterocycles. The van der Waals surface area contributed by atoms with Crippen molar-refractivity contribution >= 4 is 70.4 Å². The molecule has 0 aliphatic rings. The van der Waals surface area contributed by atoms with Crippen molar-refractivity contribution < 1.29 is 0 Å². The fourth-order valence-corrected chi connectivity index (χ4v) is 9.48. The lowest BCUT2D eigenvalue weighted by Gasteiger charge is -2.29.